The Morgan fingerprint density at radius 1 is 0.739 bits per heavy atom. The fourth-order valence-corrected chi connectivity index (χ4v) is 5.20. The molecule has 0 spiro atoms. The summed E-state index contributed by atoms with van der Waals surface area (Å²) in [5.74, 6) is 0.870. The average Bonchev–Trinajstić information content (AvgIpc) is 2.64. The van der Waals surface area contributed by atoms with Crippen LogP contribution in [0.4, 0.5) is 0 Å². The van der Waals surface area contributed by atoms with Gasteiger partial charge in [-0.1, -0.05) is 94.9 Å². The number of methoxy groups -OCH3 is 1. The topological polar surface area (TPSA) is 9.23 Å². The van der Waals surface area contributed by atoms with Crippen LogP contribution >= 0.6 is 0 Å². The van der Waals surface area contributed by atoms with Gasteiger partial charge in [-0.25, -0.2) is 0 Å². The minimum absolute atomic E-state index is 0.870. The third-order valence-corrected chi connectivity index (χ3v) is 6.58. The van der Waals surface area contributed by atoms with E-state index in [1.54, 1.807) is 7.11 Å². The van der Waals surface area contributed by atoms with E-state index in [2.05, 4.69) is 79.4 Å². The van der Waals surface area contributed by atoms with Gasteiger partial charge in [-0.15, -0.1) is 0 Å². The lowest BCUT2D eigenvalue weighted by molar-refractivity contribution is 0.415. The zero-order valence-electron chi connectivity index (χ0n) is 13.2. The summed E-state index contributed by atoms with van der Waals surface area (Å²) >= 11 is 0. The molecular weight excluding hydrogens is 296 g/mol. The van der Waals surface area contributed by atoms with Crippen LogP contribution < -0.4 is 15.1 Å². The first kappa shape index (κ1) is 15.3. The highest BCUT2D eigenvalue weighted by Crippen LogP contribution is 2.19. The first-order valence-electron chi connectivity index (χ1n) is 7.61. The Kier molecular flexibility index (Phi) is 4.74. The molecule has 0 saturated heterocycles. The first-order chi connectivity index (χ1) is 11.3. The Labute approximate surface area is 139 Å². The predicted octanol–water partition coefficient (Wildman–Crippen LogP) is 3.56. The van der Waals surface area contributed by atoms with Crippen LogP contribution in [0.5, 0.6) is 5.75 Å². The fourth-order valence-electron chi connectivity index (χ4n) is 2.66. The standard InChI is InChI=1S/C21H19OSi/c1-17(18-13-15-19(22-2)16-14-18)23(20-9-5-3-6-10-20)21-11-7-4-8-12-21/h3-16H,1H2,2H3. The van der Waals surface area contributed by atoms with Crippen LogP contribution in [0.2, 0.25) is 0 Å². The minimum atomic E-state index is -1.08. The van der Waals surface area contributed by atoms with Gasteiger partial charge in [0, 0.05) is 0 Å². The SMILES string of the molecule is C=C(c1ccc(OC)cc1)[Si](c1ccccc1)c1ccccc1. The molecule has 2 heteroatoms. The van der Waals surface area contributed by atoms with Crippen LogP contribution in [0, 0.1) is 0 Å². The summed E-state index contributed by atoms with van der Waals surface area (Å²) in [7, 11) is 0.603. The van der Waals surface area contributed by atoms with Crippen molar-refractivity contribution in [1.82, 2.24) is 0 Å². The number of hydrogen-bond donors (Lipinski definition) is 0. The summed E-state index contributed by atoms with van der Waals surface area (Å²) in [5, 5.41) is 3.89. The van der Waals surface area contributed by atoms with Crippen molar-refractivity contribution < 1.29 is 4.74 Å². The van der Waals surface area contributed by atoms with Crippen LogP contribution in [0.3, 0.4) is 0 Å². The van der Waals surface area contributed by atoms with E-state index in [-0.39, 0.29) is 0 Å². The average molecular weight is 315 g/mol. The molecule has 23 heavy (non-hydrogen) atoms. The largest absolute Gasteiger partial charge is 0.497 e. The molecule has 3 aromatic rings. The highest BCUT2D eigenvalue weighted by atomic mass is 28.3. The van der Waals surface area contributed by atoms with Crippen LogP contribution in [0.15, 0.2) is 91.5 Å². The normalized spacial score (nSPS) is 10.5. The molecule has 0 aliphatic rings. The van der Waals surface area contributed by atoms with Crippen molar-refractivity contribution in [3.63, 3.8) is 0 Å². The van der Waals surface area contributed by atoms with Crippen molar-refractivity contribution in [2.24, 2.45) is 0 Å². The molecule has 0 saturated carbocycles. The predicted molar refractivity (Wildman–Crippen MR) is 99.9 cm³/mol. The zero-order chi connectivity index (χ0) is 16.1. The van der Waals surface area contributed by atoms with E-state index >= 15 is 0 Å². The van der Waals surface area contributed by atoms with Gasteiger partial charge in [0.1, 0.15) is 5.75 Å². The highest BCUT2D eigenvalue weighted by molar-refractivity contribution is 6.99. The van der Waals surface area contributed by atoms with Crippen molar-refractivity contribution in [2.75, 3.05) is 7.11 Å². The van der Waals surface area contributed by atoms with Crippen LogP contribution in [-0.2, 0) is 0 Å². The summed E-state index contributed by atoms with van der Waals surface area (Å²) in [6.45, 7) is 4.44. The highest BCUT2D eigenvalue weighted by Gasteiger charge is 2.21. The molecule has 0 amide bonds. The Hall–Kier alpha value is -2.58. The van der Waals surface area contributed by atoms with E-state index in [4.69, 9.17) is 4.74 Å². The molecule has 0 N–H and O–H groups in total. The Bertz CT molecular complexity index is 724. The zero-order valence-corrected chi connectivity index (χ0v) is 14.2. The lowest BCUT2D eigenvalue weighted by atomic mass is 10.2. The van der Waals surface area contributed by atoms with E-state index < -0.39 is 8.80 Å². The number of hydrogen-bond acceptors (Lipinski definition) is 1. The molecule has 0 aromatic heterocycles. The molecule has 0 heterocycles. The monoisotopic (exact) mass is 315 g/mol. The second-order valence-corrected chi connectivity index (χ2v) is 7.82. The number of rotatable bonds is 5. The molecule has 0 bridgehead atoms. The Morgan fingerprint density at radius 3 is 1.65 bits per heavy atom. The molecular formula is C21H19OSi. The van der Waals surface area contributed by atoms with Gasteiger partial charge >= 0.3 is 0 Å². The van der Waals surface area contributed by atoms with Gasteiger partial charge < -0.3 is 4.74 Å². The quantitative estimate of drug-likeness (QED) is 0.654. The van der Waals surface area contributed by atoms with Gasteiger partial charge in [-0.3, -0.25) is 0 Å². The Morgan fingerprint density at radius 2 is 1.22 bits per heavy atom. The van der Waals surface area contributed by atoms with Crippen LogP contribution in [0.25, 0.3) is 5.20 Å². The molecule has 113 valence electrons. The molecule has 0 aliphatic heterocycles. The van der Waals surface area contributed by atoms with Gasteiger partial charge in [0.15, 0.2) is 8.80 Å². The fraction of sp³-hybridized carbons (Fsp3) is 0.0476. The van der Waals surface area contributed by atoms with Crippen LogP contribution in [0.1, 0.15) is 5.56 Å². The van der Waals surface area contributed by atoms with Crippen LogP contribution in [-0.4, -0.2) is 15.9 Å². The molecule has 0 atom stereocenters. The summed E-state index contributed by atoms with van der Waals surface area (Å²) in [5.41, 5.74) is 1.17. The minimum Gasteiger partial charge on any atom is -0.497 e. The number of ether oxygens (including phenoxy) is 1. The van der Waals surface area contributed by atoms with E-state index in [9.17, 15) is 0 Å². The van der Waals surface area contributed by atoms with E-state index in [1.165, 1.54) is 21.1 Å². The van der Waals surface area contributed by atoms with Crippen molar-refractivity contribution in [1.29, 1.82) is 0 Å². The lowest BCUT2D eigenvalue weighted by Gasteiger charge is -2.19. The van der Waals surface area contributed by atoms with E-state index in [0.717, 1.165) is 5.75 Å². The second kappa shape index (κ2) is 7.12. The summed E-state index contributed by atoms with van der Waals surface area (Å²) in [4.78, 5) is 0. The third-order valence-electron chi connectivity index (χ3n) is 3.87. The van der Waals surface area contributed by atoms with E-state index in [0.29, 0.717) is 0 Å². The lowest BCUT2D eigenvalue weighted by Crippen LogP contribution is -2.43. The van der Waals surface area contributed by atoms with Gasteiger partial charge in [-0.2, -0.15) is 0 Å². The van der Waals surface area contributed by atoms with Crippen molar-refractivity contribution >= 4 is 24.4 Å². The van der Waals surface area contributed by atoms with Gasteiger partial charge in [0.05, 0.1) is 7.11 Å². The maximum absolute atomic E-state index is 5.26. The summed E-state index contributed by atoms with van der Waals surface area (Å²) in [6.07, 6.45) is 0. The molecule has 0 fully saturated rings. The van der Waals surface area contributed by atoms with Gasteiger partial charge in [-0.05, 0) is 17.7 Å². The summed E-state index contributed by atoms with van der Waals surface area (Å²) in [6, 6.07) is 29.5. The maximum atomic E-state index is 5.26. The van der Waals surface area contributed by atoms with Crippen molar-refractivity contribution in [2.45, 2.75) is 0 Å². The molecule has 0 unspecified atom stereocenters. The molecule has 1 radical (unpaired) electrons. The molecule has 0 aliphatic carbocycles. The van der Waals surface area contributed by atoms with Crippen molar-refractivity contribution in [3.8, 4) is 5.75 Å². The van der Waals surface area contributed by atoms with Gasteiger partial charge in [0.25, 0.3) is 0 Å². The third kappa shape index (κ3) is 3.43. The smallest absolute Gasteiger partial charge is 0.154 e. The summed E-state index contributed by atoms with van der Waals surface area (Å²) < 4.78 is 5.26. The van der Waals surface area contributed by atoms with Crippen molar-refractivity contribution in [3.05, 3.63) is 97.1 Å². The maximum Gasteiger partial charge on any atom is 0.154 e. The number of benzene rings is 3. The second-order valence-electron chi connectivity index (χ2n) is 5.31. The first-order valence-corrected chi connectivity index (χ1v) is 9.11. The molecule has 3 rings (SSSR count). The molecule has 3 aromatic carbocycles. The van der Waals surface area contributed by atoms with Gasteiger partial charge in [0.2, 0.25) is 0 Å². The molecule has 1 nitrogen and oxygen atoms in total. The van der Waals surface area contributed by atoms with E-state index in [1.807, 2.05) is 12.1 Å². The Balaban J connectivity index is 2.02.